The largest absolute Gasteiger partial charge is 0.381 e. The van der Waals surface area contributed by atoms with Crippen LogP contribution < -0.4 is 4.72 Å². The Kier molecular flexibility index (Phi) is 7.34. The molecular formula is C22H29N3O5S2. The number of carbonyl (C=O) groups is 2. The van der Waals surface area contributed by atoms with Crippen LogP contribution in [0, 0.1) is 23.7 Å². The summed E-state index contributed by atoms with van der Waals surface area (Å²) >= 11 is 0.881. The van der Waals surface area contributed by atoms with E-state index in [1.165, 1.54) is 4.90 Å². The molecule has 4 aliphatic carbocycles. The molecule has 0 spiro atoms. The van der Waals surface area contributed by atoms with E-state index in [9.17, 15) is 18.0 Å². The standard InChI is InChI=1S/C22H29N3O5S2/c1-23-31-22(27)25(19-15-8-13-9-16(11-15)20(30-2)17(19)10-13)21(26)18(12-24-32(28)29)14-6-4-3-5-7-14/h3-7,13,15-20,23H,8-12H2,1-2H3. The quantitative estimate of drug-likeness (QED) is 0.599. The molecule has 1 N–H and O–H groups in total. The fraction of sp³-hybridized carbons (Fsp3) is 0.636. The molecule has 4 fully saturated rings. The van der Waals surface area contributed by atoms with E-state index in [-0.39, 0.29) is 35.8 Å². The molecule has 0 saturated heterocycles. The Labute approximate surface area is 194 Å². The van der Waals surface area contributed by atoms with E-state index in [1.807, 2.05) is 6.07 Å². The molecule has 10 heteroatoms. The number of carbonyl (C=O) groups excluding carboxylic acids is 2. The molecule has 0 heterocycles. The van der Waals surface area contributed by atoms with Crippen LogP contribution in [0.25, 0.3) is 0 Å². The van der Waals surface area contributed by atoms with E-state index in [2.05, 4.69) is 9.08 Å². The zero-order chi connectivity index (χ0) is 22.8. The second-order valence-electron chi connectivity index (χ2n) is 8.96. The van der Waals surface area contributed by atoms with Gasteiger partial charge in [-0.25, -0.2) is 0 Å². The summed E-state index contributed by atoms with van der Waals surface area (Å²) in [4.78, 5) is 28.6. The lowest BCUT2D eigenvalue weighted by molar-refractivity contribution is -0.159. The van der Waals surface area contributed by atoms with Gasteiger partial charge in [0.25, 0.3) is 0 Å². The van der Waals surface area contributed by atoms with Crippen molar-refractivity contribution in [2.75, 3.05) is 20.7 Å². The maximum Gasteiger partial charge on any atom is 0.311 e. The molecule has 0 aromatic heterocycles. The van der Waals surface area contributed by atoms with Crippen LogP contribution in [0.15, 0.2) is 34.7 Å². The third-order valence-corrected chi connectivity index (χ3v) is 8.28. The van der Waals surface area contributed by atoms with Gasteiger partial charge in [0.05, 0.1) is 18.6 Å². The fourth-order valence-corrected chi connectivity index (χ4v) is 7.16. The summed E-state index contributed by atoms with van der Waals surface area (Å²) < 4.78 is 34.6. The van der Waals surface area contributed by atoms with Crippen LogP contribution in [0.4, 0.5) is 4.79 Å². The third-order valence-electron chi connectivity index (χ3n) is 7.35. The highest BCUT2D eigenvalue weighted by Gasteiger charge is 2.57. The number of methoxy groups -OCH3 is 1. The van der Waals surface area contributed by atoms with Crippen molar-refractivity contribution in [3.63, 3.8) is 0 Å². The summed E-state index contributed by atoms with van der Waals surface area (Å²) in [6.07, 6.45) is 4.10. The summed E-state index contributed by atoms with van der Waals surface area (Å²) in [5, 5.41) is -0.367. The minimum absolute atomic E-state index is 0.0319. The van der Waals surface area contributed by atoms with Gasteiger partial charge < -0.3 is 4.74 Å². The number of benzene rings is 1. The first-order valence-corrected chi connectivity index (χ1v) is 12.8. The van der Waals surface area contributed by atoms with Gasteiger partial charge in [-0.3, -0.25) is 19.2 Å². The number of nitrogens with one attached hydrogen (secondary N) is 1. The van der Waals surface area contributed by atoms with Crippen molar-refractivity contribution >= 4 is 33.6 Å². The lowest BCUT2D eigenvalue weighted by Gasteiger charge is -2.59. The summed E-state index contributed by atoms with van der Waals surface area (Å²) in [5.74, 6) is 0.197. The van der Waals surface area contributed by atoms with Crippen molar-refractivity contribution in [3.05, 3.63) is 35.9 Å². The number of amides is 2. The van der Waals surface area contributed by atoms with Gasteiger partial charge >= 0.3 is 15.7 Å². The second kappa shape index (κ2) is 10.0. The normalized spacial score (nSPS) is 31.2. The predicted octanol–water partition coefficient (Wildman–Crippen LogP) is 3.10. The van der Waals surface area contributed by atoms with E-state index >= 15 is 0 Å². The minimum atomic E-state index is -2.64. The second-order valence-corrected chi connectivity index (χ2v) is 10.6. The van der Waals surface area contributed by atoms with E-state index < -0.39 is 22.3 Å². The van der Waals surface area contributed by atoms with E-state index in [0.717, 1.165) is 37.6 Å². The zero-order valence-electron chi connectivity index (χ0n) is 18.2. The van der Waals surface area contributed by atoms with Crippen molar-refractivity contribution in [1.29, 1.82) is 0 Å². The van der Waals surface area contributed by atoms with E-state index in [1.54, 1.807) is 38.4 Å². The first kappa shape index (κ1) is 23.4. The molecule has 7 atom stereocenters. The lowest BCUT2D eigenvalue weighted by Crippen LogP contribution is -2.64. The van der Waals surface area contributed by atoms with Gasteiger partial charge in [0.2, 0.25) is 5.91 Å². The number of hydrogen-bond donors (Lipinski definition) is 1. The van der Waals surface area contributed by atoms with Crippen LogP contribution in [-0.2, 0) is 20.0 Å². The van der Waals surface area contributed by atoms with Gasteiger partial charge in [0.1, 0.15) is 0 Å². The Balaban J connectivity index is 1.72. The zero-order valence-corrected chi connectivity index (χ0v) is 19.8. The highest BCUT2D eigenvalue weighted by atomic mass is 32.2. The van der Waals surface area contributed by atoms with Gasteiger partial charge in [-0.05, 0) is 56.0 Å². The van der Waals surface area contributed by atoms with E-state index in [4.69, 9.17) is 4.74 Å². The Morgan fingerprint density at radius 1 is 1.19 bits per heavy atom. The van der Waals surface area contributed by atoms with Gasteiger partial charge in [0, 0.05) is 31.0 Å². The van der Waals surface area contributed by atoms with Crippen LogP contribution >= 0.6 is 11.9 Å². The molecule has 174 valence electrons. The maximum absolute atomic E-state index is 14.0. The highest BCUT2D eigenvalue weighted by molar-refractivity contribution is 8.11. The smallest absolute Gasteiger partial charge is 0.311 e. The van der Waals surface area contributed by atoms with Crippen molar-refractivity contribution in [2.45, 2.75) is 43.7 Å². The van der Waals surface area contributed by atoms with Crippen LogP contribution in [0.1, 0.15) is 37.2 Å². The topological polar surface area (TPSA) is 105 Å². The molecule has 0 aliphatic heterocycles. The highest BCUT2D eigenvalue weighted by Crippen LogP contribution is 2.56. The molecule has 7 unspecified atom stereocenters. The predicted molar refractivity (Wildman–Crippen MR) is 121 cm³/mol. The van der Waals surface area contributed by atoms with E-state index in [0.29, 0.717) is 17.4 Å². The number of hydrogen-bond acceptors (Lipinski definition) is 8. The number of rotatable bonds is 7. The van der Waals surface area contributed by atoms with Crippen molar-refractivity contribution in [1.82, 2.24) is 9.62 Å². The summed E-state index contributed by atoms with van der Waals surface area (Å²) in [6.45, 7) is -0.228. The van der Waals surface area contributed by atoms with Crippen LogP contribution in [-0.4, -0.2) is 57.3 Å². The van der Waals surface area contributed by atoms with Gasteiger partial charge in [-0.1, -0.05) is 30.3 Å². The average molecular weight is 480 g/mol. The SMILES string of the molecule is CNSC(=O)N(C(=O)C(CN=S(=O)=O)c1ccccc1)C1C2CC3CC(C2)C(OC)C1C3. The summed E-state index contributed by atoms with van der Waals surface area (Å²) in [5.41, 5.74) is 0.645. The van der Waals surface area contributed by atoms with Gasteiger partial charge in [-0.2, -0.15) is 12.8 Å². The monoisotopic (exact) mass is 479 g/mol. The molecule has 0 radical (unpaired) electrons. The first-order chi connectivity index (χ1) is 15.4. The van der Waals surface area contributed by atoms with Crippen LogP contribution in [0.3, 0.4) is 0 Å². The molecule has 4 bridgehead atoms. The Morgan fingerprint density at radius 3 is 2.56 bits per heavy atom. The van der Waals surface area contributed by atoms with Crippen molar-refractivity contribution in [3.8, 4) is 0 Å². The van der Waals surface area contributed by atoms with Crippen molar-refractivity contribution in [2.24, 2.45) is 28.0 Å². The number of ether oxygens (including phenoxy) is 1. The van der Waals surface area contributed by atoms with Crippen molar-refractivity contribution < 1.29 is 22.7 Å². The molecule has 4 saturated carbocycles. The molecule has 8 nitrogen and oxygen atoms in total. The Hall–Kier alpha value is -1.75. The fourth-order valence-electron chi connectivity index (χ4n) is 6.40. The molecule has 1 aromatic carbocycles. The summed E-state index contributed by atoms with van der Waals surface area (Å²) in [7, 11) is 0.724. The minimum Gasteiger partial charge on any atom is -0.381 e. The van der Waals surface area contributed by atoms with Crippen LogP contribution in [0.2, 0.25) is 0 Å². The maximum atomic E-state index is 14.0. The molecule has 4 aliphatic rings. The molecule has 2 amide bonds. The lowest BCUT2D eigenvalue weighted by atomic mass is 9.52. The Morgan fingerprint density at radius 2 is 1.91 bits per heavy atom. The van der Waals surface area contributed by atoms with Gasteiger partial charge in [0.15, 0.2) is 0 Å². The number of nitrogens with zero attached hydrogens (tertiary/aromatic N) is 2. The summed E-state index contributed by atoms with van der Waals surface area (Å²) in [6, 6.07) is 8.71. The average Bonchev–Trinajstić information content (AvgIpc) is 2.76. The van der Waals surface area contributed by atoms with Gasteiger partial charge in [-0.15, -0.1) is 0 Å². The molecular weight excluding hydrogens is 450 g/mol. The molecule has 32 heavy (non-hydrogen) atoms. The first-order valence-electron chi connectivity index (χ1n) is 11.0. The van der Waals surface area contributed by atoms with Crippen LogP contribution in [0.5, 0.6) is 0 Å². The third kappa shape index (κ3) is 4.50. The Bertz CT molecular complexity index is 979. The molecule has 1 aromatic rings. The molecule has 5 rings (SSSR count). The number of imide groups is 1.